The van der Waals surface area contributed by atoms with E-state index in [1.807, 2.05) is 17.8 Å². The van der Waals surface area contributed by atoms with Gasteiger partial charge in [-0.05, 0) is 36.8 Å². The minimum Gasteiger partial charge on any atom is -0.342 e. The van der Waals surface area contributed by atoms with E-state index in [-0.39, 0.29) is 0 Å². The van der Waals surface area contributed by atoms with Crippen LogP contribution in [0.25, 0.3) is 0 Å². The minimum absolute atomic E-state index is 0.336. The number of carbonyl (C=O) groups is 1. The molecule has 0 bridgehead atoms. The molecule has 0 saturated carbocycles. The Morgan fingerprint density at radius 2 is 1.68 bits per heavy atom. The van der Waals surface area contributed by atoms with Crippen LogP contribution in [0.1, 0.15) is 42.1 Å². The van der Waals surface area contributed by atoms with E-state index < -0.39 is 0 Å². The summed E-state index contributed by atoms with van der Waals surface area (Å²) in [5, 5.41) is 0.525. The van der Waals surface area contributed by atoms with Gasteiger partial charge in [-0.1, -0.05) is 60.7 Å². The second kappa shape index (κ2) is 9.67. The second-order valence-electron chi connectivity index (χ2n) is 6.63. The Kier molecular flexibility index (Phi) is 6.99. The number of thioether (sulfide) groups is 1. The summed E-state index contributed by atoms with van der Waals surface area (Å²) in [6.07, 6.45) is 4.89. The Morgan fingerprint density at radius 3 is 2.44 bits per heavy atom. The summed E-state index contributed by atoms with van der Waals surface area (Å²) >= 11 is 1.99. The van der Waals surface area contributed by atoms with E-state index in [1.54, 1.807) is 0 Å². The molecule has 1 saturated heterocycles. The normalized spacial score (nSPS) is 17.9. The standard InChI is InChI=1S/C22H27NOS/c24-22(14-8-7-11-19-9-3-1-4-10-19)23-16-15-21(25-18-17-23)20-12-5-2-6-13-20/h1-6,9-10,12-13,21H,7-8,11,14-18H2. The highest BCUT2D eigenvalue weighted by molar-refractivity contribution is 7.99. The van der Waals surface area contributed by atoms with Gasteiger partial charge in [0.1, 0.15) is 0 Å². The maximum Gasteiger partial charge on any atom is 0.222 e. The molecule has 1 atom stereocenters. The number of aryl methyl sites for hydroxylation is 1. The van der Waals surface area contributed by atoms with Crippen molar-refractivity contribution >= 4 is 17.7 Å². The summed E-state index contributed by atoms with van der Waals surface area (Å²) in [4.78, 5) is 14.6. The first-order valence-corrected chi connectivity index (χ1v) is 10.4. The Balaban J connectivity index is 1.40. The summed E-state index contributed by atoms with van der Waals surface area (Å²) in [7, 11) is 0. The van der Waals surface area contributed by atoms with Gasteiger partial charge >= 0.3 is 0 Å². The lowest BCUT2D eigenvalue weighted by atomic mass is 10.1. The molecule has 2 aromatic rings. The number of nitrogens with zero attached hydrogens (tertiary/aromatic N) is 1. The fourth-order valence-electron chi connectivity index (χ4n) is 3.36. The quantitative estimate of drug-likeness (QED) is 0.673. The monoisotopic (exact) mass is 353 g/mol. The van der Waals surface area contributed by atoms with Gasteiger partial charge < -0.3 is 4.90 Å². The van der Waals surface area contributed by atoms with Crippen LogP contribution in [0.5, 0.6) is 0 Å². The maximum atomic E-state index is 12.5. The van der Waals surface area contributed by atoms with Gasteiger partial charge in [-0.3, -0.25) is 4.79 Å². The lowest BCUT2D eigenvalue weighted by Crippen LogP contribution is -2.32. The van der Waals surface area contributed by atoms with E-state index in [0.717, 1.165) is 44.5 Å². The molecule has 25 heavy (non-hydrogen) atoms. The van der Waals surface area contributed by atoms with Crippen LogP contribution >= 0.6 is 11.8 Å². The first-order chi connectivity index (χ1) is 12.3. The van der Waals surface area contributed by atoms with E-state index >= 15 is 0 Å². The largest absolute Gasteiger partial charge is 0.342 e. The molecule has 1 heterocycles. The molecule has 0 aromatic heterocycles. The average Bonchev–Trinajstić information content (AvgIpc) is 2.93. The van der Waals surface area contributed by atoms with Crippen molar-refractivity contribution in [1.82, 2.24) is 4.90 Å². The Morgan fingerprint density at radius 1 is 0.960 bits per heavy atom. The zero-order valence-electron chi connectivity index (χ0n) is 14.8. The maximum absolute atomic E-state index is 12.5. The van der Waals surface area contributed by atoms with Gasteiger partial charge in [-0.25, -0.2) is 0 Å². The number of hydrogen-bond acceptors (Lipinski definition) is 2. The molecule has 1 aliphatic rings. The van der Waals surface area contributed by atoms with Gasteiger partial charge in [0.2, 0.25) is 5.91 Å². The average molecular weight is 354 g/mol. The molecule has 1 amide bonds. The molecule has 3 heteroatoms. The van der Waals surface area contributed by atoms with E-state index in [2.05, 4.69) is 59.5 Å². The third-order valence-electron chi connectivity index (χ3n) is 4.81. The first-order valence-electron chi connectivity index (χ1n) is 9.31. The van der Waals surface area contributed by atoms with Gasteiger partial charge in [0.05, 0.1) is 0 Å². The van der Waals surface area contributed by atoms with Gasteiger partial charge in [0, 0.05) is 30.5 Å². The van der Waals surface area contributed by atoms with Crippen LogP contribution in [0.15, 0.2) is 60.7 Å². The molecule has 0 radical (unpaired) electrons. The van der Waals surface area contributed by atoms with Crippen LogP contribution in [-0.2, 0) is 11.2 Å². The van der Waals surface area contributed by atoms with Gasteiger partial charge in [0.25, 0.3) is 0 Å². The molecule has 0 aliphatic carbocycles. The van der Waals surface area contributed by atoms with Crippen LogP contribution in [0.4, 0.5) is 0 Å². The van der Waals surface area contributed by atoms with Crippen molar-refractivity contribution in [2.45, 2.75) is 37.4 Å². The molecule has 132 valence electrons. The Labute approximate surface area is 155 Å². The lowest BCUT2D eigenvalue weighted by Gasteiger charge is -2.20. The van der Waals surface area contributed by atoms with Crippen molar-refractivity contribution in [3.05, 3.63) is 71.8 Å². The van der Waals surface area contributed by atoms with E-state index in [4.69, 9.17) is 0 Å². The third kappa shape index (κ3) is 5.64. The number of hydrogen-bond donors (Lipinski definition) is 0. The van der Waals surface area contributed by atoms with Crippen molar-refractivity contribution < 1.29 is 4.79 Å². The van der Waals surface area contributed by atoms with Crippen molar-refractivity contribution in [1.29, 1.82) is 0 Å². The van der Waals surface area contributed by atoms with E-state index in [0.29, 0.717) is 17.6 Å². The highest BCUT2D eigenvalue weighted by atomic mass is 32.2. The van der Waals surface area contributed by atoms with Crippen LogP contribution in [0, 0.1) is 0 Å². The van der Waals surface area contributed by atoms with Crippen LogP contribution in [-0.4, -0.2) is 29.6 Å². The highest BCUT2D eigenvalue weighted by Gasteiger charge is 2.21. The van der Waals surface area contributed by atoms with Crippen LogP contribution < -0.4 is 0 Å². The molecular weight excluding hydrogens is 326 g/mol. The highest BCUT2D eigenvalue weighted by Crippen LogP contribution is 2.34. The van der Waals surface area contributed by atoms with Crippen LogP contribution in [0.2, 0.25) is 0 Å². The third-order valence-corrected chi connectivity index (χ3v) is 6.14. The molecule has 0 spiro atoms. The van der Waals surface area contributed by atoms with Crippen molar-refractivity contribution in [2.24, 2.45) is 0 Å². The summed E-state index contributed by atoms with van der Waals surface area (Å²) in [6.45, 7) is 1.79. The molecular formula is C22H27NOS. The van der Waals surface area contributed by atoms with Gasteiger partial charge in [-0.2, -0.15) is 11.8 Å². The summed E-state index contributed by atoms with van der Waals surface area (Å²) < 4.78 is 0. The molecule has 3 rings (SSSR count). The smallest absolute Gasteiger partial charge is 0.222 e. The molecule has 1 aliphatic heterocycles. The van der Waals surface area contributed by atoms with Crippen molar-refractivity contribution in [2.75, 3.05) is 18.8 Å². The fourth-order valence-corrected chi connectivity index (χ4v) is 4.59. The fraction of sp³-hybridized carbons (Fsp3) is 0.409. The van der Waals surface area contributed by atoms with Crippen molar-refractivity contribution in [3.63, 3.8) is 0 Å². The molecule has 0 N–H and O–H groups in total. The minimum atomic E-state index is 0.336. The molecule has 2 aromatic carbocycles. The first kappa shape index (κ1) is 18.1. The molecule has 1 fully saturated rings. The zero-order valence-corrected chi connectivity index (χ0v) is 15.6. The zero-order chi connectivity index (χ0) is 17.3. The molecule has 2 nitrogen and oxygen atoms in total. The lowest BCUT2D eigenvalue weighted by molar-refractivity contribution is -0.131. The second-order valence-corrected chi connectivity index (χ2v) is 7.94. The Bertz CT molecular complexity index is 644. The van der Waals surface area contributed by atoms with Gasteiger partial charge in [-0.15, -0.1) is 0 Å². The number of unbranched alkanes of at least 4 members (excludes halogenated alkanes) is 1. The Hall–Kier alpha value is -1.74. The molecule has 1 unspecified atom stereocenters. The predicted octanol–water partition coefficient (Wildman–Crippen LogP) is 5.11. The number of rotatable bonds is 6. The summed E-state index contributed by atoms with van der Waals surface area (Å²) in [5.41, 5.74) is 2.76. The van der Waals surface area contributed by atoms with Crippen LogP contribution in [0.3, 0.4) is 0 Å². The SMILES string of the molecule is O=C(CCCCc1ccccc1)N1CCSC(c2ccccc2)CC1. The number of benzene rings is 2. The summed E-state index contributed by atoms with van der Waals surface area (Å²) in [6, 6.07) is 21.2. The summed E-state index contributed by atoms with van der Waals surface area (Å²) in [5.74, 6) is 1.37. The number of amides is 1. The van der Waals surface area contributed by atoms with E-state index in [1.165, 1.54) is 11.1 Å². The topological polar surface area (TPSA) is 20.3 Å². The van der Waals surface area contributed by atoms with Crippen molar-refractivity contribution in [3.8, 4) is 0 Å². The predicted molar refractivity (Wildman–Crippen MR) is 107 cm³/mol. The van der Waals surface area contributed by atoms with E-state index in [9.17, 15) is 4.79 Å². The number of carbonyl (C=O) groups excluding carboxylic acids is 1. The van der Waals surface area contributed by atoms with Gasteiger partial charge in [0.15, 0.2) is 0 Å².